The van der Waals surface area contributed by atoms with Crippen LogP contribution in [0.15, 0.2) is 77.3 Å². The Morgan fingerprint density at radius 3 is 2.30 bits per heavy atom. The summed E-state index contributed by atoms with van der Waals surface area (Å²) < 4.78 is 0.640. The zero-order valence-corrected chi connectivity index (χ0v) is 16.1. The van der Waals surface area contributed by atoms with E-state index in [4.69, 9.17) is 0 Å². The van der Waals surface area contributed by atoms with Gasteiger partial charge in [-0.2, -0.15) is 0 Å². The average molecular weight is 424 g/mol. The highest BCUT2D eigenvalue weighted by molar-refractivity contribution is 9.10. The number of carbonyl (C=O) groups is 2. The fourth-order valence-electron chi connectivity index (χ4n) is 2.80. The Labute approximate surface area is 166 Å². The zero-order valence-electron chi connectivity index (χ0n) is 14.5. The van der Waals surface area contributed by atoms with Crippen LogP contribution in [0.4, 0.5) is 5.69 Å². The van der Waals surface area contributed by atoms with Crippen LogP contribution >= 0.6 is 15.9 Å². The molecule has 1 amide bonds. The number of benzene rings is 3. The average Bonchev–Trinajstić information content (AvgIpc) is 2.68. The van der Waals surface area contributed by atoms with Crippen molar-refractivity contribution >= 4 is 33.5 Å². The summed E-state index contributed by atoms with van der Waals surface area (Å²) in [5, 5.41) is 12.0. The maximum absolute atomic E-state index is 12.6. The van der Waals surface area contributed by atoms with Crippen molar-refractivity contribution in [2.75, 3.05) is 5.32 Å². The molecule has 2 N–H and O–H groups in total. The molecule has 0 bridgehead atoms. The maximum Gasteiger partial charge on any atom is 0.337 e. The molecule has 0 unspecified atom stereocenters. The number of nitrogens with one attached hydrogen (secondary N) is 1. The Hall–Kier alpha value is -2.92. The van der Waals surface area contributed by atoms with Gasteiger partial charge in [-0.3, -0.25) is 4.79 Å². The number of anilines is 1. The molecule has 0 aliphatic heterocycles. The molecule has 3 aromatic carbocycles. The van der Waals surface area contributed by atoms with E-state index < -0.39 is 5.97 Å². The summed E-state index contributed by atoms with van der Waals surface area (Å²) in [6, 6.07) is 22.3. The van der Waals surface area contributed by atoms with Crippen molar-refractivity contribution < 1.29 is 14.7 Å². The largest absolute Gasteiger partial charge is 0.478 e. The Bertz CT molecular complexity index is 970. The van der Waals surface area contributed by atoms with Gasteiger partial charge in [0.1, 0.15) is 0 Å². The Balaban J connectivity index is 1.73. The van der Waals surface area contributed by atoms with E-state index in [2.05, 4.69) is 33.4 Å². The van der Waals surface area contributed by atoms with E-state index in [-0.39, 0.29) is 17.2 Å². The van der Waals surface area contributed by atoms with Gasteiger partial charge in [-0.1, -0.05) is 58.4 Å². The Kier molecular flexibility index (Phi) is 6.04. The summed E-state index contributed by atoms with van der Waals surface area (Å²) >= 11 is 3.25. The normalized spacial score (nSPS) is 10.4. The lowest BCUT2D eigenvalue weighted by molar-refractivity contribution is 0.0698. The monoisotopic (exact) mass is 423 g/mol. The highest BCUT2D eigenvalue weighted by atomic mass is 79.9. The lowest BCUT2D eigenvalue weighted by atomic mass is 10.0. The standard InChI is InChI=1S/C22H18BrNO3/c23-18-11-12-20(19(14-18)22(26)27)24-21(25)17-8-4-7-16(13-17)10-9-15-5-2-1-3-6-15/h1-8,11-14H,9-10H2,(H,24,25)(H,26,27). The van der Waals surface area contributed by atoms with Gasteiger partial charge in [0.15, 0.2) is 0 Å². The number of amides is 1. The maximum atomic E-state index is 12.6. The third kappa shape index (κ3) is 5.05. The summed E-state index contributed by atoms with van der Waals surface area (Å²) in [5.74, 6) is -1.43. The van der Waals surface area contributed by atoms with Gasteiger partial charge in [-0.05, 0) is 54.3 Å². The van der Waals surface area contributed by atoms with Gasteiger partial charge in [0, 0.05) is 10.0 Å². The molecule has 5 heteroatoms. The highest BCUT2D eigenvalue weighted by Crippen LogP contribution is 2.22. The van der Waals surface area contributed by atoms with Crippen LogP contribution in [-0.4, -0.2) is 17.0 Å². The summed E-state index contributed by atoms with van der Waals surface area (Å²) in [6.07, 6.45) is 1.71. The van der Waals surface area contributed by atoms with E-state index in [0.29, 0.717) is 10.0 Å². The molecule has 136 valence electrons. The van der Waals surface area contributed by atoms with Crippen molar-refractivity contribution in [3.05, 3.63) is 99.5 Å². The van der Waals surface area contributed by atoms with Gasteiger partial charge in [0.2, 0.25) is 0 Å². The molecule has 0 aromatic heterocycles. The number of carboxylic acids is 1. The molecule has 3 rings (SSSR count). The van der Waals surface area contributed by atoms with Crippen molar-refractivity contribution in [1.82, 2.24) is 0 Å². The first-order valence-corrected chi connectivity index (χ1v) is 9.29. The Morgan fingerprint density at radius 2 is 1.56 bits per heavy atom. The quantitative estimate of drug-likeness (QED) is 0.573. The molecule has 0 spiro atoms. The van der Waals surface area contributed by atoms with E-state index in [0.717, 1.165) is 18.4 Å². The molecular formula is C22H18BrNO3. The van der Waals surface area contributed by atoms with Crippen molar-refractivity contribution in [3.63, 3.8) is 0 Å². The first kappa shape index (κ1) is 18.9. The first-order chi connectivity index (χ1) is 13.0. The van der Waals surface area contributed by atoms with Gasteiger partial charge in [-0.15, -0.1) is 0 Å². The van der Waals surface area contributed by atoms with Crippen LogP contribution in [-0.2, 0) is 12.8 Å². The Morgan fingerprint density at radius 1 is 0.852 bits per heavy atom. The SMILES string of the molecule is O=C(Nc1ccc(Br)cc1C(=O)O)c1cccc(CCc2ccccc2)c1. The number of hydrogen-bond acceptors (Lipinski definition) is 2. The molecule has 3 aromatic rings. The zero-order chi connectivity index (χ0) is 19.2. The number of carboxylic acid groups (broad SMARTS) is 1. The van der Waals surface area contributed by atoms with Crippen LogP contribution in [0.5, 0.6) is 0 Å². The van der Waals surface area contributed by atoms with Crippen LogP contribution in [0, 0.1) is 0 Å². The van der Waals surface area contributed by atoms with E-state index in [1.165, 1.54) is 11.6 Å². The predicted octanol–water partition coefficient (Wildman–Crippen LogP) is 5.18. The molecule has 0 radical (unpaired) electrons. The highest BCUT2D eigenvalue weighted by Gasteiger charge is 2.14. The smallest absolute Gasteiger partial charge is 0.337 e. The first-order valence-electron chi connectivity index (χ1n) is 8.50. The van der Waals surface area contributed by atoms with E-state index in [1.807, 2.05) is 36.4 Å². The number of halogens is 1. The minimum atomic E-state index is -1.09. The minimum absolute atomic E-state index is 0.0398. The molecule has 0 aliphatic carbocycles. The van der Waals surface area contributed by atoms with Gasteiger partial charge in [0.05, 0.1) is 11.3 Å². The second-order valence-corrected chi connectivity index (χ2v) is 7.05. The van der Waals surface area contributed by atoms with Gasteiger partial charge in [-0.25, -0.2) is 4.79 Å². The number of aromatic carboxylic acids is 1. The summed E-state index contributed by atoms with van der Waals surface area (Å²) in [6.45, 7) is 0. The van der Waals surface area contributed by atoms with Crippen LogP contribution in [0.1, 0.15) is 31.8 Å². The molecule has 0 heterocycles. The second-order valence-electron chi connectivity index (χ2n) is 6.14. The van der Waals surface area contributed by atoms with Gasteiger partial charge in [0.25, 0.3) is 5.91 Å². The van der Waals surface area contributed by atoms with Gasteiger partial charge >= 0.3 is 5.97 Å². The molecule has 0 saturated heterocycles. The number of carbonyl (C=O) groups excluding carboxylic acids is 1. The predicted molar refractivity (Wildman–Crippen MR) is 109 cm³/mol. The molecule has 0 atom stereocenters. The van der Waals surface area contributed by atoms with E-state index in [1.54, 1.807) is 18.2 Å². The van der Waals surface area contributed by atoms with Gasteiger partial charge < -0.3 is 10.4 Å². The molecular weight excluding hydrogens is 406 g/mol. The van der Waals surface area contributed by atoms with Crippen molar-refractivity contribution in [2.24, 2.45) is 0 Å². The summed E-state index contributed by atoms with van der Waals surface area (Å²) in [5.41, 5.74) is 3.11. The second kappa shape index (κ2) is 8.64. The fourth-order valence-corrected chi connectivity index (χ4v) is 3.16. The lowest BCUT2D eigenvalue weighted by Crippen LogP contribution is -2.15. The van der Waals surface area contributed by atoms with Crippen molar-refractivity contribution in [3.8, 4) is 0 Å². The number of rotatable bonds is 6. The number of aryl methyl sites for hydroxylation is 2. The third-order valence-electron chi connectivity index (χ3n) is 4.19. The molecule has 4 nitrogen and oxygen atoms in total. The van der Waals surface area contributed by atoms with Crippen molar-refractivity contribution in [2.45, 2.75) is 12.8 Å². The van der Waals surface area contributed by atoms with Crippen LogP contribution in [0.3, 0.4) is 0 Å². The van der Waals surface area contributed by atoms with E-state index in [9.17, 15) is 14.7 Å². The molecule has 0 saturated carbocycles. The van der Waals surface area contributed by atoms with E-state index >= 15 is 0 Å². The molecule has 0 aliphatic rings. The molecule has 27 heavy (non-hydrogen) atoms. The van der Waals surface area contributed by atoms with Crippen molar-refractivity contribution in [1.29, 1.82) is 0 Å². The lowest BCUT2D eigenvalue weighted by Gasteiger charge is -2.10. The fraction of sp³-hybridized carbons (Fsp3) is 0.0909. The number of hydrogen-bond donors (Lipinski definition) is 2. The van der Waals surface area contributed by atoms with Crippen LogP contribution < -0.4 is 5.32 Å². The molecule has 0 fully saturated rings. The summed E-state index contributed by atoms with van der Waals surface area (Å²) in [7, 11) is 0. The van der Waals surface area contributed by atoms with Crippen LogP contribution in [0.25, 0.3) is 0 Å². The minimum Gasteiger partial charge on any atom is -0.478 e. The topological polar surface area (TPSA) is 66.4 Å². The summed E-state index contributed by atoms with van der Waals surface area (Å²) in [4.78, 5) is 24.0. The third-order valence-corrected chi connectivity index (χ3v) is 4.69. The van der Waals surface area contributed by atoms with Crippen LogP contribution in [0.2, 0.25) is 0 Å².